The van der Waals surface area contributed by atoms with Crippen molar-refractivity contribution >= 4 is 23.1 Å². The Kier molecular flexibility index (Phi) is 2.61. The largest absolute Gasteiger partial charge is 0.396 e. The highest BCUT2D eigenvalue weighted by Gasteiger charge is 2.44. The Labute approximate surface area is 104 Å². The Hall–Kier alpha value is -1.04. The van der Waals surface area contributed by atoms with Gasteiger partial charge in [0.2, 0.25) is 0 Å². The first kappa shape index (κ1) is 11.1. The number of nitrogens with two attached hydrogens (primary N) is 1. The van der Waals surface area contributed by atoms with Crippen molar-refractivity contribution in [1.29, 1.82) is 0 Å². The summed E-state index contributed by atoms with van der Waals surface area (Å²) in [6.45, 7) is 2.83. The van der Waals surface area contributed by atoms with Crippen LogP contribution in [0.4, 0.5) is 11.5 Å². The molecule has 1 spiro atoms. The Morgan fingerprint density at radius 2 is 2.18 bits per heavy atom. The summed E-state index contributed by atoms with van der Waals surface area (Å²) >= 11 is 5.83. The van der Waals surface area contributed by atoms with Gasteiger partial charge < -0.3 is 20.1 Å². The molecule has 3 rings (SSSR count). The molecule has 1 aromatic rings. The molecule has 5 nitrogen and oxygen atoms in total. The summed E-state index contributed by atoms with van der Waals surface area (Å²) in [6.07, 6.45) is 2.45. The smallest absolute Gasteiger partial charge is 0.187 e. The number of anilines is 2. The van der Waals surface area contributed by atoms with Gasteiger partial charge >= 0.3 is 0 Å². The maximum atomic E-state index is 5.92. The van der Waals surface area contributed by atoms with Gasteiger partial charge in [0.1, 0.15) is 0 Å². The third kappa shape index (κ3) is 1.94. The Morgan fingerprint density at radius 1 is 1.41 bits per heavy atom. The summed E-state index contributed by atoms with van der Waals surface area (Å²) in [5, 5.41) is 0.550. The van der Waals surface area contributed by atoms with Crippen LogP contribution in [0.3, 0.4) is 0 Å². The van der Waals surface area contributed by atoms with E-state index in [1.165, 1.54) is 0 Å². The van der Waals surface area contributed by atoms with E-state index in [9.17, 15) is 0 Å². The molecule has 2 fully saturated rings. The Bertz CT molecular complexity index is 435. The van der Waals surface area contributed by atoms with Crippen molar-refractivity contribution < 1.29 is 9.47 Å². The number of halogens is 1. The highest BCUT2D eigenvalue weighted by Crippen LogP contribution is 2.34. The number of rotatable bonds is 1. The molecule has 2 aliphatic rings. The minimum Gasteiger partial charge on any atom is -0.396 e. The van der Waals surface area contributed by atoms with E-state index in [1.54, 1.807) is 12.3 Å². The molecule has 1 aromatic heterocycles. The zero-order valence-corrected chi connectivity index (χ0v) is 10.1. The van der Waals surface area contributed by atoms with E-state index >= 15 is 0 Å². The number of nitrogen functional groups attached to an aromatic ring is 1. The molecule has 0 saturated carbocycles. The zero-order valence-electron chi connectivity index (χ0n) is 9.36. The first-order chi connectivity index (χ1) is 8.19. The third-order valence-electron chi connectivity index (χ3n) is 3.17. The van der Waals surface area contributed by atoms with Crippen molar-refractivity contribution in [3.8, 4) is 0 Å². The van der Waals surface area contributed by atoms with Crippen LogP contribution in [0.15, 0.2) is 12.3 Å². The predicted octanol–water partition coefficient (Wildman–Crippen LogP) is 1.27. The predicted molar refractivity (Wildman–Crippen MR) is 65.1 cm³/mol. The van der Waals surface area contributed by atoms with Crippen molar-refractivity contribution in [2.75, 3.05) is 36.9 Å². The highest BCUT2D eigenvalue weighted by molar-refractivity contribution is 6.30. The molecule has 0 amide bonds. The van der Waals surface area contributed by atoms with Crippen molar-refractivity contribution in [2.24, 2.45) is 0 Å². The molecule has 92 valence electrons. The second kappa shape index (κ2) is 4.01. The third-order valence-corrected chi connectivity index (χ3v) is 3.38. The molecule has 17 heavy (non-hydrogen) atoms. The van der Waals surface area contributed by atoms with E-state index in [2.05, 4.69) is 9.88 Å². The van der Waals surface area contributed by atoms with E-state index in [4.69, 9.17) is 26.8 Å². The molecule has 6 heteroatoms. The second-order valence-corrected chi connectivity index (χ2v) is 4.78. The molecule has 0 aliphatic carbocycles. The van der Waals surface area contributed by atoms with Gasteiger partial charge in [-0.1, -0.05) is 11.6 Å². The fourth-order valence-corrected chi connectivity index (χ4v) is 2.55. The first-order valence-electron chi connectivity index (χ1n) is 5.62. The first-order valence-corrected chi connectivity index (χ1v) is 6.00. The quantitative estimate of drug-likeness (QED) is 0.819. The molecule has 0 unspecified atom stereocenters. The van der Waals surface area contributed by atoms with Gasteiger partial charge in [0.05, 0.1) is 30.5 Å². The number of aromatic nitrogens is 1. The van der Waals surface area contributed by atoms with Crippen LogP contribution in [-0.2, 0) is 9.47 Å². The minimum atomic E-state index is -0.451. The van der Waals surface area contributed by atoms with Crippen molar-refractivity contribution in [1.82, 2.24) is 4.98 Å². The summed E-state index contributed by atoms with van der Waals surface area (Å²) in [7, 11) is 0. The highest BCUT2D eigenvalue weighted by atomic mass is 35.5. The summed E-state index contributed by atoms with van der Waals surface area (Å²) in [6, 6.07) is 1.71. The molecule has 0 bridgehead atoms. The van der Waals surface area contributed by atoms with Crippen molar-refractivity contribution in [3.05, 3.63) is 17.3 Å². The normalized spacial score (nSPS) is 22.5. The van der Waals surface area contributed by atoms with Gasteiger partial charge in [-0.3, -0.25) is 0 Å². The number of pyridine rings is 1. The summed E-state index contributed by atoms with van der Waals surface area (Å²) in [4.78, 5) is 6.35. The van der Waals surface area contributed by atoms with Gasteiger partial charge in [-0.15, -0.1) is 0 Å². The van der Waals surface area contributed by atoms with Gasteiger partial charge in [0, 0.05) is 19.2 Å². The maximum Gasteiger partial charge on any atom is 0.187 e. The summed E-state index contributed by atoms with van der Waals surface area (Å²) in [5.41, 5.74) is 6.51. The summed E-state index contributed by atoms with van der Waals surface area (Å²) in [5.74, 6) is 0.304. The lowest BCUT2D eigenvalue weighted by atomic mass is 10.2. The van der Waals surface area contributed by atoms with Crippen LogP contribution < -0.4 is 10.6 Å². The molecule has 3 heterocycles. The maximum absolute atomic E-state index is 5.92. The molecule has 0 aromatic carbocycles. The lowest BCUT2D eigenvalue weighted by Gasteiger charge is -2.23. The van der Waals surface area contributed by atoms with E-state index in [0.29, 0.717) is 30.5 Å². The van der Waals surface area contributed by atoms with Crippen LogP contribution in [0.2, 0.25) is 5.02 Å². The number of nitrogens with zero attached hydrogens (tertiary/aromatic N) is 2. The van der Waals surface area contributed by atoms with Crippen LogP contribution in [-0.4, -0.2) is 37.1 Å². The van der Waals surface area contributed by atoms with E-state index in [0.717, 1.165) is 18.8 Å². The molecule has 2 saturated heterocycles. The lowest BCUT2D eigenvalue weighted by Crippen LogP contribution is -2.34. The van der Waals surface area contributed by atoms with Crippen LogP contribution in [0.1, 0.15) is 6.42 Å². The van der Waals surface area contributed by atoms with E-state index in [1.807, 2.05) is 0 Å². The standard InChI is InChI=1S/C11H14ClN3O2/c12-8-5-9(13)10(14-6-8)15-2-1-11(7-15)16-3-4-17-11/h5-6H,1-4,7,13H2. The average Bonchev–Trinajstić information content (AvgIpc) is 2.90. The monoisotopic (exact) mass is 255 g/mol. The van der Waals surface area contributed by atoms with Gasteiger partial charge in [-0.2, -0.15) is 0 Å². The van der Waals surface area contributed by atoms with Crippen molar-refractivity contribution in [3.63, 3.8) is 0 Å². The zero-order chi connectivity index (χ0) is 11.9. The van der Waals surface area contributed by atoms with Gasteiger partial charge in [0.25, 0.3) is 0 Å². The van der Waals surface area contributed by atoms with Gasteiger partial charge in [-0.05, 0) is 6.07 Å². The fourth-order valence-electron chi connectivity index (χ4n) is 2.38. The molecule has 0 radical (unpaired) electrons. The topological polar surface area (TPSA) is 60.6 Å². The molecule has 2 aliphatic heterocycles. The molecular weight excluding hydrogens is 242 g/mol. The average molecular weight is 256 g/mol. The van der Waals surface area contributed by atoms with Crippen LogP contribution in [0.25, 0.3) is 0 Å². The van der Waals surface area contributed by atoms with Gasteiger partial charge in [0.15, 0.2) is 11.6 Å². The Morgan fingerprint density at radius 3 is 2.88 bits per heavy atom. The fraction of sp³-hybridized carbons (Fsp3) is 0.545. The minimum absolute atomic E-state index is 0.451. The number of hydrogen-bond donors (Lipinski definition) is 1. The van der Waals surface area contributed by atoms with Crippen LogP contribution in [0, 0.1) is 0 Å². The number of ether oxygens (including phenoxy) is 2. The van der Waals surface area contributed by atoms with Crippen LogP contribution >= 0.6 is 11.6 Å². The van der Waals surface area contributed by atoms with Gasteiger partial charge in [-0.25, -0.2) is 4.98 Å². The summed E-state index contributed by atoms with van der Waals surface area (Å²) < 4.78 is 11.3. The molecular formula is C11H14ClN3O2. The van der Waals surface area contributed by atoms with E-state index < -0.39 is 5.79 Å². The van der Waals surface area contributed by atoms with Crippen molar-refractivity contribution in [2.45, 2.75) is 12.2 Å². The second-order valence-electron chi connectivity index (χ2n) is 4.35. The molecule has 0 atom stereocenters. The number of hydrogen-bond acceptors (Lipinski definition) is 5. The van der Waals surface area contributed by atoms with E-state index in [-0.39, 0.29) is 0 Å². The van der Waals surface area contributed by atoms with Crippen LogP contribution in [0.5, 0.6) is 0 Å². The Balaban J connectivity index is 1.82. The lowest BCUT2D eigenvalue weighted by molar-refractivity contribution is -0.137. The molecule has 2 N–H and O–H groups in total. The SMILES string of the molecule is Nc1cc(Cl)cnc1N1CCC2(C1)OCCO2.